The van der Waals surface area contributed by atoms with E-state index in [-0.39, 0.29) is 0 Å². The third-order valence-electron chi connectivity index (χ3n) is 4.84. The van der Waals surface area contributed by atoms with Crippen LogP contribution in [-0.2, 0) is 0 Å². The van der Waals surface area contributed by atoms with Crippen LogP contribution in [0.4, 0.5) is 0 Å². The second-order valence-electron chi connectivity index (χ2n) is 5.82. The van der Waals surface area contributed by atoms with Crippen molar-refractivity contribution in [3.8, 4) is 0 Å². The molecule has 1 heteroatoms. The zero-order chi connectivity index (χ0) is 9.15. The molecule has 2 rings (SSSR count). The van der Waals surface area contributed by atoms with Gasteiger partial charge in [0.2, 0.25) is 0 Å². The Labute approximate surface area is 75.7 Å². The van der Waals surface area contributed by atoms with Crippen molar-refractivity contribution in [3.63, 3.8) is 0 Å². The molecule has 2 aliphatic carbocycles. The fraction of sp³-hybridized carbons (Fsp3) is 1.00. The first-order valence-electron chi connectivity index (χ1n) is 5.13. The summed E-state index contributed by atoms with van der Waals surface area (Å²) in [7, 11) is 0. The first kappa shape index (κ1) is 8.55. The molecular weight excluding hydrogens is 146 g/mol. The second kappa shape index (κ2) is 2.06. The van der Waals surface area contributed by atoms with Crippen LogP contribution in [-0.4, -0.2) is 6.54 Å². The molecule has 2 saturated carbocycles. The van der Waals surface area contributed by atoms with E-state index >= 15 is 0 Å². The minimum absolute atomic E-state index is 0.571. The van der Waals surface area contributed by atoms with E-state index in [1.807, 2.05) is 0 Å². The molecule has 2 N–H and O–H groups in total. The van der Waals surface area contributed by atoms with Gasteiger partial charge in [-0.3, -0.25) is 0 Å². The van der Waals surface area contributed by atoms with Crippen molar-refractivity contribution in [1.29, 1.82) is 0 Å². The highest BCUT2D eigenvalue weighted by Crippen LogP contribution is 2.75. The largest absolute Gasteiger partial charge is 0.330 e. The molecule has 0 bridgehead atoms. The zero-order valence-electron chi connectivity index (χ0n) is 8.72. The maximum absolute atomic E-state index is 5.67. The molecule has 0 spiro atoms. The van der Waals surface area contributed by atoms with Crippen LogP contribution in [0.15, 0.2) is 0 Å². The first-order valence-corrected chi connectivity index (χ1v) is 5.13. The molecular formula is C11H21N. The second-order valence-corrected chi connectivity index (χ2v) is 5.82. The smallest absolute Gasteiger partial charge is 0.00460 e. The van der Waals surface area contributed by atoms with E-state index in [0.29, 0.717) is 10.8 Å². The maximum atomic E-state index is 5.67. The average Bonchev–Trinajstić information content (AvgIpc) is 2.73. The highest BCUT2D eigenvalue weighted by Gasteiger charge is 2.70. The molecule has 0 heterocycles. The van der Waals surface area contributed by atoms with E-state index in [1.165, 1.54) is 6.42 Å². The Morgan fingerprint density at radius 2 is 1.67 bits per heavy atom. The van der Waals surface area contributed by atoms with Crippen molar-refractivity contribution in [2.45, 2.75) is 34.1 Å². The maximum Gasteiger partial charge on any atom is -0.00460 e. The van der Waals surface area contributed by atoms with Gasteiger partial charge in [-0.25, -0.2) is 0 Å². The summed E-state index contributed by atoms with van der Waals surface area (Å²) in [4.78, 5) is 0. The molecule has 0 aromatic rings. The summed E-state index contributed by atoms with van der Waals surface area (Å²) < 4.78 is 0. The molecule has 0 aromatic carbocycles. The summed E-state index contributed by atoms with van der Waals surface area (Å²) in [5, 5.41) is 0. The molecule has 2 fully saturated rings. The van der Waals surface area contributed by atoms with E-state index in [9.17, 15) is 0 Å². The summed E-state index contributed by atoms with van der Waals surface area (Å²) in [6.07, 6.45) is 1.40. The van der Waals surface area contributed by atoms with Crippen LogP contribution in [0.5, 0.6) is 0 Å². The summed E-state index contributed by atoms with van der Waals surface area (Å²) in [5.74, 6) is 2.76. The van der Waals surface area contributed by atoms with Crippen LogP contribution in [0.25, 0.3) is 0 Å². The Kier molecular flexibility index (Phi) is 1.47. The quantitative estimate of drug-likeness (QED) is 0.671. The van der Waals surface area contributed by atoms with Crippen molar-refractivity contribution >= 4 is 0 Å². The summed E-state index contributed by atoms with van der Waals surface area (Å²) >= 11 is 0. The topological polar surface area (TPSA) is 26.0 Å². The highest BCUT2D eigenvalue weighted by molar-refractivity contribution is 5.18. The molecule has 0 aliphatic heterocycles. The standard InChI is InChI=1S/C11H21N/c1-10(2)9(11(10,3)4)8-5-7(8)6-12/h7-9H,5-6,12H2,1-4H3/t7-,8+/m0/s1. The predicted octanol–water partition coefficient (Wildman–Crippen LogP) is 2.26. The number of nitrogens with two attached hydrogens (primary N) is 1. The van der Waals surface area contributed by atoms with Gasteiger partial charge in [0.25, 0.3) is 0 Å². The molecule has 2 aliphatic rings. The SMILES string of the molecule is CC1(C)C([C@@H]2C[C@H]2CN)C1(C)C. The van der Waals surface area contributed by atoms with Crippen molar-refractivity contribution in [1.82, 2.24) is 0 Å². The van der Waals surface area contributed by atoms with Crippen molar-refractivity contribution in [2.75, 3.05) is 6.54 Å². The van der Waals surface area contributed by atoms with Crippen LogP contribution in [0.2, 0.25) is 0 Å². The minimum Gasteiger partial charge on any atom is -0.330 e. The first-order chi connectivity index (χ1) is 5.43. The number of hydrogen-bond donors (Lipinski definition) is 1. The van der Waals surface area contributed by atoms with Crippen LogP contribution >= 0.6 is 0 Å². The van der Waals surface area contributed by atoms with Gasteiger partial charge in [-0.1, -0.05) is 27.7 Å². The Bertz CT molecular complexity index is 191. The van der Waals surface area contributed by atoms with E-state index < -0.39 is 0 Å². The molecule has 1 nitrogen and oxygen atoms in total. The summed E-state index contributed by atoms with van der Waals surface area (Å²) in [6.45, 7) is 10.5. The van der Waals surface area contributed by atoms with Gasteiger partial charge in [-0.2, -0.15) is 0 Å². The lowest BCUT2D eigenvalue weighted by molar-refractivity contribution is 0.457. The highest BCUT2D eigenvalue weighted by atomic mass is 14.8. The molecule has 0 amide bonds. The van der Waals surface area contributed by atoms with E-state index in [1.54, 1.807) is 0 Å². The fourth-order valence-electron chi connectivity index (χ4n) is 3.27. The lowest BCUT2D eigenvalue weighted by atomic mass is 10.0. The lowest BCUT2D eigenvalue weighted by Gasteiger charge is -2.04. The van der Waals surface area contributed by atoms with Gasteiger partial charge < -0.3 is 5.73 Å². The summed E-state index contributed by atoms with van der Waals surface area (Å²) in [5.41, 5.74) is 6.81. The van der Waals surface area contributed by atoms with Gasteiger partial charge in [0.1, 0.15) is 0 Å². The third kappa shape index (κ3) is 0.834. The van der Waals surface area contributed by atoms with Crippen LogP contribution in [0.3, 0.4) is 0 Å². The molecule has 12 heavy (non-hydrogen) atoms. The molecule has 0 saturated heterocycles. The van der Waals surface area contributed by atoms with Gasteiger partial charge in [-0.05, 0) is 41.5 Å². The van der Waals surface area contributed by atoms with Gasteiger partial charge in [-0.15, -0.1) is 0 Å². The molecule has 0 radical (unpaired) electrons. The summed E-state index contributed by atoms with van der Waals surface area (Å²) in [6, 6.07) is 0. The third-order valence-corrected chi connectivity index (χ3v) is 4.84. The Balaban J connectivity index is 2.02. The number of hydrogen-bond acceptors (Lipinski definition) is 1. The Morgan fingerprint density at radius 3 is 1.92 bits per heavy atom. The van der Waals surface area contributed by atoms with E-state index in [4.69, 9.17) is 5.73 Å². The van der Waals surface area contributed by atoms with E-state index in [0.717, 1.165) is 24.3 Å². The monoisotopic (exact) mass is 167 g/mol. The van der Waals surface area contributed by atoms with Crippen LogP contribution in [0.1, 0.15) is 34.1 Å². The minimum atomic E-state index is 0.571. The van der Waals surface area contributed by atoms with Crippen LogP contribution in [0, 0.1) is 28.6 Å². The Hall–Kier alpha value is -0.0400. The van der Waals surface area contributed by atoms with Crippen molar-refractivity contribution < 1.29 is 0 Å². The normalized spacial score (nSPS) is 42.8. The van der Waals surface area contributed by atoms with Gasteiger partial charge >= 0.3 is 0 Å². The molecule has 70 valence electrons. The van der Waals surface area contributed by atoms with Gasteiger partial charge in [0.05, 0.1) is 0 Å². The molecule has 0 aromatic heterocycles. The zero-order valence-corrected chi connectivity index (χ0v) is 8.72. The molecule has 2 atom stereocenters. The van der Waals surface area contributed by atoms with Crippen LogP contribution < -0.4 is 5.73 Å². The lowest BCUT2D eigenvalue weighted by Crippen LogP contribution is -2.04. The average molecular weight is 167 g/mol. The van der Waals surface area contributed by atoms with Gasteiger partial charge in [0.15, 0.2) is 0 Å². The molecule has 0 unspecified atom stereocenters. The van der Waals surface area contributed by atoms with Crippen molar-refractivity contribution in [2.24, 2.45) is 34.3 Å². The predicted molar refractivity (Wildman–Crippen MR) is 51.7 cm³/mol. The fourth-order valence-corrected chi connectivity index (χ4v) is 3.27. The van der Waals surface area contributed by atoms with Crippen molar-refractivity contribution in [3.05, 3.63) is 0 Å². The van der Waals surface area contributed by atoms with Gasteiger partial charge in [0, 0.05) is 0 Å². The van der Waals surface area contributed by atoms with E-state index in [2.05, 4.69) is 27.7 Å². The number of rotatable bonds is 2. The Morgan fingerprint density at radius 1 is 1.17 bits per heavy atom.